The first kappa shape index (κ1) is 19.9. The predicted molar refractivity (Wildman–Crippen MR) is 115 cm³/mol. The molecule has 1 aromatic heterocycles. The number of nitrogens with zero attached hydrogens (tertiary/aromatic N) is 2. The Hall–Kier alpha value is -2.44. The minimum absolute atomic E-state index is 0.338. The number of halogens is 1. The maximum atomic E-state index is 14.5. The van der Waals surface area contributed by atoms with Gasteiger partial charge in [0.05, 0.1) is 23.7 Å². The first-order valence-corrected chi connectivity index (χ1v) is 10.3. The van der Waals surface area contributed by atoms with Crippen LogP contribution in [-0.2, 0) is 0 Å². The summed E-state index contributed by atoms with van der Waals surface area (Å²) in [5, 5.41) is 3.23. The number of aromatic amines is 1. The molecule has 0 aliphatic carbocycles. The molecule has 2 N–H and O–H groups in total. The molecule has 6 heteroatoms. The van der Waals surface area contributed by atoms with Crippen molar-refractivity contribution in [2.24, 2.45) is 0 Å². The van der Waals surface area contributed by atoms with Crippen LogP contribution >= 0.6 is 0 Å². The number of piperidine rings is 1. The number of likely N-dealkylation sites (N-methyl/N-ethyl adjacent to an activating group) is 1. The first-order chi connectivity index (χ1) is 14.1. The van der Waals surface area contributed by atoms with Gasteiger partial charge in [0, 0.05) is 19.2 Å². The van der Waals surface area contributed by atoms with Crippen LogP contribution in [0.5, 0.6) is 5.75 Å². The van der Waals surface area contributed by atoms with Crippen LogP contribution in [0.2, 0.25) is 0 Å². The van der Waals surface area contributed by atoms with E-state index in [0.29, 0.717) is 23.1 Å². The standard InChI is InChI=1S/C23H29FN4O/c1-15-12-17(16-6-9-28(10-7-16)11-8-25-2)13-21-22(15)27-23(26-21)19-5-4-18(29-3)14-20(19)24/h4-5,12-14,16,25H,6-11H2,1-3H3,(H,26,27). The van der Waals surface area contributed by atoms with E-state index in [1.165, 1.54) is 31.6 Å². The summed E-state index contributed by atoms with van der Waals surface area (Å²) in [6.07, 6.45) is 2.34. The number of fused-ring (bicyclic) bond motifs is 1. The molecule has 1 fully saturated rings. The van der Waals surface area contributed by atoms with Gasteiger partial charge in [-0.1, -0.05) is 6.07 Å². The molecule has 29 heavy (non-hydrogen) atoms. The molecular formula is C23H29FN4O. The third kappa shape index (κ3) is 4.14. The number of methoxy groups -OCH3 is 1. The Morgan fingerprint density at radius 3 is 2.72 bits per heavy atom. The number of nitrogens with one attached hydrogen (secondary N) is 2. The van der Waals surface area contributed by atoms with Crippen molar-refractivity contribution in [2.75, 3.05) is 40.3 Å². The quantitative estimate of drug-likeness (QED) is 0.659. The smallest absolute Gasteiger partial charge is 0.141 e. The summed E-state index contributed by atoms with van der Waals surface area (Å²) in [5.41, 5.74) is 4.83. The molecule has 0 bridgehead atoms. The number of hydrogen-bond acceptors (Lipinski definition) is 4. The SMILES string of the molecule is CNCCN1CCC(c2cc(C)c3nc(-c4ccc(OC)cc4F)[nH]c3c2)CC1. The average Bonchev–Trinajstić information content (AvgIpc) is 3.17. The third-order valence-electron chi connectivity index (χ3n) is 5.97. The second-order valence-electron chi connectivity index (χ2n) is 7.88. The summed E-state index contributed by atoms with van der Waals surface area (Å²) < 4.78 is 19.6. The topological polar surface area (TPSA) is 53.2 Å². The van der Waals surface area contributed by atoms with E-state index in [1.54, 1.807) is 12.1 Å². The normalized spacial score (nSPS) is 15.9. The fourth-order valence-electron chi connectivity index (χ4n) is 4.26. The van der Waals surface area contributed by atoms with Crippen molar-refractivity contribution >= 4 is 11.0 Å². The van der Waals surface area contributed by atoms with E-state index in [-0.39, 0.29) is 5.82 Å². The van der Waals surface area contributed by atoms with Crippen LogP contribution in [0, 0.1) is 12.7 Å². The summed E-state index contributed by atoms with van der Waals surface area (Å²) in [4.78, 5) is 10.5. The number of ether oxygens (including phenoxy) is 1. The van der Waals surface area contributed by atoms with Crippen LogP contribution in [0.3, 0.4) is 0 Å². The molecule has 0 radical (unpaired) electrons. The van der Waals surface area contributed by atoms with E-state index in [1.807, 2.05) is 7.05 Å². The second kappa shape index (κ2) is 8.51. The molecular weight excluding hydrogens is 367 g/mol. The molecule has 0 unspecified atom stereocenters. The fourth-order valence-corrected chi connectivity index (χ4v) is 4.26. The van der Waals surface area contributed by atoms with Crippen LogP contribution < -0.4 is 10.1 Å². The van der Waals surface area contributed by atoms with Crippen molar-refractivity contribution in [2.45, 2.75) is 25.7 Å². The van der Waals surface area contributed by atoms with Crippen LogP contribution in [0.25, 0.3) is 22.4 Å². The highest BCUT2D eigenvalue weighted by atomic mass is 19.1. The lowest BCUT2D eigenvalue weighted by molar-refractivity contribution is 0.214. The maximum Gasteiger partial charge on any atom is 0.141 e. The molecule has 0 atom stereocenters. The molecule has 1 saturated heterocycles. The first-order valence-electron chi connectivity index (χ1n) is 10.3. The van der Waals surface area contributed by atoms with Crippen molar-refractivity contribution < 1.29 is 9.13 Å². The Bertz CT molecular complexity index is 992. The molecule has 5 nitrogen and oxygen atoms in total. The Labute approximate surface area is 171 Å². The molecule has 0 spiro atoms. The molecule has 154 valence electrons. The average molecular weight is 397 g/mol. The molecule has 2 aromatic carbocycles. The van der Waals surface area contributed by atoms with Crippen LogP contribution in [0.4, 0.5) is 4.39 Å². The summed E-state index contributed by atoms with van der Waals surface area (Å²) in [6, 6.07) is 9.32. The Morgan fingerprint density at radius 1 is 1.24 bits per heavy atom. The van der Waals surface area contributed by atoms with Crippen molar-refractivity contribution in [3.8, 4) is 17.1 Å². The molecule has 4 rings (SSSR count). The molecule has 3 aromatic rings. The van der Waals surface area contributed by atoms with Gasteiger partial charge in [0.1, 0.15) is 17.4 Å². The predicted octanol–water partition coefficient (Wildman–Crippen LogP) is 4.08. The highest BCUT2D eigenvalue weighted by molar-refractivity contribution is 5.83. The van der Waals surface area contributed by atoms with E-state index >= 15 is 0 Å². The highest BCUT2D eigenvalue weighted by Gasteiger charge is 2.22. The van der Waals surface area contributed by atoms with Gasteiger partial charge in [-0.05, 0) is 75.1 Å². The monoisotopic (exact) mass is 396 g/mol. The fraction of sp³-hybridized carbons (Fsp3) is 0.435. The Kier molecular flexibility index (Phi) is 5.83. The summed E-state index contributed by atoms with van der Waals surface area (Å²) in [5.74, 6) is 1.29. The molecule has 1 aliphatic rings. The Balaban J connectivity index is 1.58. The van der Waals surface area contributed by atoms with Crippen molar-refractivity contribution in [1.82, 2.24) is 20.2 Å². The van der Waals surface area contributed by atoms with Crippen molar-refractivity contribution in [3.63, 3.8) is 0 Å². The number of benzene rings is 2. The number of imidazole rings is 1. The number of aryl methyl sites for hydroxylation is 1. The van der Waals surface area contributed by atoms with Crippen LogP contribution in [-0.4, -0.2) is 55.2 Å². The number of H-pyrrole nitrogens is 1. The van der Waals surface area contributed by atoms with Crippen molar-refractivity contribution in [3.05, 3.63) is 47.3 Å². The van der Waals surface area contributed by atoms with Gasteiger partial charge in [0.15, 0.2) is 0 Å². The van der Waals surface area contributed by atoms with Crippen LogP contribution in [0.15, 0.2) is 30.3 Å². The number of likely N-dealkylation sites (tertiary alicyclic amines) is 1. The number of hydrogen-bond donors (Lipinski definition) is 2. The van der Waals surface area contributed by atoms with E-state index in [4.69, 9.17) is 4.74 Å². The lowest BCUT2D eigenvalue weighted by atomic mass is 9.88. The van der Waals surface area contributed by atoms with E-state index < -0.39 is 0 Å². The van der Waals surface area contributed by atoms with Gasteiger partial charge in [0.2, 0.25) is 0 Å². The van der Waals surface area contributed by atoms with Crippen molar-refractivity contribution in [1.29, 1.82) is 0 Å². The van der Waals surface area contributed by atoms with Gasteiger partial charge < -0.3 is 19.9 Å². The van der Waals surface area contributed by atoms with E-state index in [9.17, 15) is 4.39 Å². The zero-order valence-corrected chi connectivity index (χ0v) is 17.4. The van der Waals surface area contributed by atoms with Crippen LogP contribution in [0.1, 0.15) is 29.9 Å². The third-order valence-corrected chi connectivity index (χ3v) is 5.97. The summed E-state index contributed by atoms with van der Waals surface area (Å²) >= 11 is 0. The lowest BCUT2D eigenvalue weighted by Crippen LogP contribution is -2.37. The maximum absolute atomic E-state index is 14.5. The van der Waals surface area contributed by atoms with Gasteiger partial charge >= 0.3 is 0 Å². The largest absolute Gasteiger partial charge is 0.497 e. The second-order valence-corrected chi connectivity index (χ2v) is 7.88. The van der Waals surface area contributed by atoms with Gasteiger partial charge in [-0.3, -0.25) is 0 Å². The lowest BCUT2D eigenvalue weighted by Gasteiger charge is -2.32. The van der Waals surface area contributed by atoms with E-state index in [0.717, 1.165) is 42.8 Å². The molecule has 0 amide bonds. The highest BCUT2D eigenvalue weighted by Crippen LogP contribution is 2.33. The summed E-state index contributed by atoms with van der Waals surface area (Å²) in [6.45, 7) is 6.50. The minimum atomic E-state index is -0.338. The zero-order chi connectivity index (χ0) is 20.4. The van der Waals surface area contributed by atoms with Gasteiger partial charge in [-0.2, -0.15) is 0 Å². The molecule has 1 aliphatic heterocycles. The minimum Gasteiger partial charge on any atom is -0.497 e. The van der Waals surface area contributed by atoms with Gasteiger partial charge in [-0.25, -0.2) is 9.37 Å². The van der Waals surface area contributed by atoms with E-state index in [2.05, 4.69) is 39.2 Å². The summed E-state index contributed by atoms with van der Waals surface area (Å²) in [7, 11) is 3.53. The van der Waals surface area contributed by atoms with Gasteiger partial charge in [0.25, 0.3) is 0 Å². The molecule has 0 saturated carbocycles. The number of rotatable bonds is 6. The molecule has 2 heterocycles. The Morgan fingerprint density at radius 2 is 2.03 bits per heavy atom. The van der Waals surface area contributed by atoms with Gasteiger partial charge in [-0.15, -0.1) is 0 Å². The zero-order valence-electron chi connectivity index (χ0n) is 17.4. The number of aromatic nitrogens is 2.